The van der Waals surface area contributed by atoms with Gasteiger partial charge in [-0.1, -0.05) is 56.7 Å². The lowest BCUT2D eigenvalue weighted by Gasteiger charge is -2.16. The number of benzene rings is 1. The zero-order chi connectivity index (χ0) is 17.6. The molecule has 2 aromatic rings. The molecule has 0 amide bonds. The Morgan fingerprint density at radius 2 is 2.08 bits per heavy atom. The zero-order valence-electron chi connectivity index (χ0n) is 15.2. The van der Waals surface area contributed by atoms with Crippen molar-refractivity contribution >= 4 is 36.3 Å². The molecule has 2 rings (SSSR count). The molecule has 0 unspecified atom stereocenters. The van der Waals surface area contributed by atoms with E-state index in [4.69, 9.17) is 5.73 Å². The Balaban J connectivity index is 2.06. The predicted octanol–water partition coefficient (Wildman–Crippen LogP) is 3.14. The van der Waals surface area contributed by atoms with Gasteiger partial charge in [-0.25, -0.2) is 5.43 Å². The van der Waals surface area contributed by atoms with E-state index in [9.17, 15) is 0 Å². The van der Waals surface area contributed by atoms with Crippen molar-refractivity contribution in [1.82, 2.24) is 10.4 Å². The quantitative estimate of drug-likeness (QED) is 0.237. The third-order valence-electron chi connectivity index (χ3n) is 4.01. The van der Waals surface area contributed by atoms with Crippen LogP contribution in [0.25, 0.3) is 10.9 Å². The topological polar surface area (TPSA) is 78.6 Å². The summed E-state index contributed by atoms with van der Waals surface area (Å²) in [5.41, 5.74) is 10.8. The summed E-state index contributed by atoms with van der Waals surface area (Å²) in [5.74, 6) is 0.366. The van der Waals surface area contributed by atoms with Crippen LogP contribution in [-0.2, 0) is 0 Å². The molecular formula is C18H29N5Si. The minimum absolute atomic E-state index is 0.366. The van der Waals surface area contributed by atoms with E-state index in [1.807, 2.05) is 6.20 Å². The molecule has 0 radical (unpaired) electrons. The number of aromatic nitrogens is 1. The van der Waals surface area contributed by atoms with Crippen LogP contribution in [0.5, 0.6) is 0 Å². The lowest BCUT2D eigenvalue weighted by Crippen LogP contribution is -2.37. The average molecular weight is 344 g/mol. The van der Waals surface area contributed by atoms with Crippen molar-refractivity contribution in [2.24, 2.45) is 15.8 Å². The van der Waals surface area contributed by atoms with E-state index in [0.29, 0.717) is 5.96 Å². The molecule has 6 heteroatoms. The van der Waals surface area contributed by atoms with E-state index in [0.717, 1.165) is 24.0 Å². The molecule has 0 saturated heterocycles. The summed E-state index contributed by atoms with van der Waals surface area (Å²) in [5, 5.41) is 6.85. The van der Waals surface area contributed by atoms with Crippen molar-refractivity contribution in [1.29, 1.82) is 0 Å². The Morgan fingerprint density at radius 1 is 1.29 bits per heavy atom. The van der Waals surface area contributed by atoms with Crippen LogP contribution in [0.2, 0.25) is 19.6 Å². The lowest BCUT2D eigenvalue weighted by molar-refractivity contribution is 0.725. The number of nitrogens with zero attached hydrogens (tertiary/aromatic N) is 2. The van der Waals surface area contributed by atoms with Gasteiger partial charge in [0.1, 0.15) is 0 Å². The van der Waals surface area contributed by atoms with Gasteiger partial charge in [-0.3, -0.25) is 4.99 Å². The van der Waals surface area contributed by atoms with Gasteiger partial charge in [-0.2, -0.15) is 5.10 Å². The molecule has 24 heavy (non-hydrogen) atoms. The summed E-state index contributed by atoms with van der Waals surface area (Å²) >= 11 is 0. The molecule has 1 aromatic carbocycles. The molecule has 1 aromatic heterocycles. The van der Waals surface area contributed by atoms with Gasteiger partial charge < -0.3 is 10.7 Å². The third-order valence-corrected chi connectivity index (χ3v) is 6.05. The number of guanidine groups is 1. The van der Waals surface area contributed by atoms with E-state index < -0.39 is 8.07 Å². The molecule has 0 aliphatic heterocycles. The van der Waals surface area contributed by atoms with Gasteiger partial charge in [0.15, 0.2) is 0 Å². The molecule has 130 valence electrons. The molecule has 5 nitrogen and oxygen atoms in total. The van der Waals surface area contributed by atoms with Crippen LogP contribution in [0.3, 0.4) is 0 Å². The SMILES string of the molecule is CCCCCN=C(N)N/N=C/c1c[nH]c2ccc([Si](C)(C)C)cc12. The number of unbranched alkanes of at least 4 members (excludes halogenated alkanes) is 2. The van der Waals surface area contributed by atoms with Crippen LogP contribution in [0.15, 0.2) is 34.5 Å². The van der Waals surface area contributed by atoms with Crippen LogP contribution in [0.1, 0.15) is 31.7 Å². The van der Waals surface area contributed by atoms with Crippen LogP contribution in [0.4, 0.5) is 0 Å². The molecule has 0 aliphatic rings. The number of hydrogen-bond donors (Lipinski definition) is 3. The van der Waals surface area contributed by atoms with Crippen LogP contribution < -0.4 is 16.3 Å². The van der Waals surface area contributed by atoms with Gasteiger partial charge in [-0.05, 0) is 12.5 Å². The largest absolute Gasteiger partial charge is 0.369 e. The highest BCUT2D eigenvalue weighted by atomic mass is 28.3. The summed E-state index contributed by atoms with van der Waals surface area (Å²) < 4.78 is 0. The van der Waals surface area contributed by atoms with Crippen molar-refractivity contribution in [3.05, 3.63) is 30.0 Å². The summed E-state index contributed by atoms with van der Waals surface area (Å²) in [6.45, 7) is 9.97. The predicted molar refractivity (Wildman–Crippen MR) is 108 cm³/mol. The number of nitrogens with one attached hydrogen (secondary N) is 2. The fourth-order valence-corrected chi connectivity index (χ4v) is 3.64. The van der Waals surface area contributed by atoms with E-state index in [1.54, 1.807) is 6.21 Å². The van der Waals surface area contributed by atoms with Crippen molar-refractivity contribution in [2.75, 3.05) is 6.54 Å². The fourth-order valence-electron chi connectivity index (χ4n) is 2.48. The Hall–Kier alpha value is -2.08. The van der Waals surface area contributed by atoms with Crippen LogP contribution in [-0.4, -0.2) is 31.8 Å². The first-order valence-electron chi connectivity index (χ1n) is 8.62. The Bertz CT molecular complexity index is 725. The standard InChI is InChI=1S/C18H29N5Si/c1-5-6-7-10-20-18(19)23-22-13-14-12-21-17-9-8-15(11-16(14)17)24(2,3)4/h8-9,11-13,21H,5-7,10H2,1-4H3,(H3,19,20,23)/b22-13+. The minimum atomic E-state index is -1.33. The highest BCUT2D eigenvalue weighted by Crippen LogP contribution is 2.17. The smallest absolute Gasteiger partial charge is 0.209 e. The van der Waals surface area contributed by atoms with E-state index in [1.165, 1.54) is 23.4 Å². The maximum absolute atomic E-state index is 5.81. The average Bonchev–Trinajstić information content (AvgIpc) is 2.93. The molecule has 0 fully saturated rings. The first kappa shape index (κ1) is 18.3. The van der Waals surface area contributed by atoms with Crippen LogP contribution in [0, 0.1) is 0 Å². The van der Waals surface area contributed by atoms with Crippen LogP contribution >= 0.6 is 0 Å². The number of H-pyrrole nitrogens is 1. The Labute approximate surface area is 145 Å². The molecule has 1 heterocycles. The van der Waals surface area contributed by atoms with E-state index >= 15 is 0 Å². The lowest BCUT2D eigenvalue weighted by atomic mass is 10.2. The monoisotopic (exact) mass is 343 g/mol. The summed E-state index contributed by atoms with van der Waals surface area (Å²) in [7, 11) is -1.33. The number of aliphatic imine (C=N–C) groups is 1. The molecule has 0 saturated carbocycles. The van der Waals surface area contributed by atoms with Gasteiger partial charge in [0.2, 0.25) is 5.96 Å². The van der Waals surface area contributed by atoms with Gasteiger partial charge >= 0.3 is 0 Å². The number of fused-ring (bicyclic) bond motifs is 1. The first-order chi connectivity index (χ1) is 11.4. The summed E-state index contributed by atoms with van der Waals surface area (Å²) in [6.07, 6.45) is 7.18. The number of rotatable bonds is 7. The Morgan fingerprint density at radius 3 is 2.79 bits per heavy atom. The Kier molecular flexibility index (Phi) is 6.20. The zero-order valence-corrected chi connectivity index (χ0v) is 16.2. The molecule has 0 atom stereocenters. The van der Waals surface area contributed by atoms with Gasteiger partial charge in [0.25, 0.3) is 0 Å². The van der Waals surface area contributed by atoms with E-state index in [-0.39, 0.29) is 0 Å². The molecule has 0 bridgehead atoms. The molecule has 0 spiro atoms. The third kappa shape index (κ3) is 4.96. The van der Waals surface area contributed by atoms with E-state index in [2.05, 4.69) is 65.3 Å². The van der Waals surface area contributed by atoms with Crippen molar-refractivity contribution in [3.8, 4) is 0 Å². The maximum atomic E-state index is 5.81. The van der Waals surface area contributed by atoms with Gasteiger partial charge in [0.05, 0.1) is 14.3 Å². The van der Waals surface area contributed by atoms with Gasteiger partial charge in [-0.15, -0.1) is 0 Å². The van der Waals surface area contributed by atoms with Gasteiger partial charge in [0, 0.05) is 29.2 Å². The number of hydrogen-bond acceptors (Lipinski definition) is 2. The molecule has 0 aliphatic carbocycles. The number of aromatic amines is 1. The number of hydrazone groups is 1. The first-order valence-corrected chi connectivity index (χ1v) is 12.1. The van der Waals surface area contributed by atoms with Crippen molar-refractivity contribution < 1.29 is 0 Å². The highest BCUT2D eigenvalue weighted by Gasteiger charge is 2.17. The molecule has 4 N–H and O–H groups in total. The summed E-state index contributed by atoms with van der Waals surface area (Å²) in [4.78, 5) is 7.54. The summed E-state index contributed by atoms with van der Waals surface area (Å²) in [6, 6.07) is 6.66. The highest BCUT2D eigenvalue weighted by molar-refractivity contribution is 6.88. The van der Waals surface area contributed by atoms with Crippen molar-refractivity contribution in [3.63, 3.8) is 0 Å². The molecular weight excluding hydrogens is 314 g/mol. The van der Waals surface area contributed by atoms with Crippen molar-refractivity contribution in [2.45, 2.75) is 45.8 Å². The maximum Gasteiger partial charge on any atom is 0.209 e. The second-order valence-electron chi connectivity index (χ2n) is 7.10. The second kappa shape index (κ2) is 8.15. The second-order valence-corrected chi connectivity index (χ2v) is 12.2. The normalized spacial score (nSPS) is 13.1. The number of nitrogens with two attached hydrogens (primary N) is 1. The fraction of sp³-hybridized carbons (Fsp3) is 0.444. The minimum Gasteiger partial charge on any atom is -0.369 e.